The summed E-state index contributed by atoms with van der Waals surface area (Å²) < 4.78 is 11.0. The van der Waals surface area contributed by atoms with Gasteiger partial charge in [-0.1, -0.05) is 17.3 Å². The van der Waals surface area contributed by atoms with E-state index >= 15 is 0 Å². The van der Waals surface area contributed by atoms with Crippen LogP contribution >= 0.6 is 0 Å². The molecule has 3 aromatic rings. The smallest absolute Gasteiger partial charge is 0.229 e. The quantitative estimate of drug-likeness (QED) is 0.609. The summed E-state index contributed by atoms with van der Waals surface area (Å²) in [5.41, 5.74) is 3.82. The third-order valence-electron chi connectivity index (χ3n) is 5.59. The fourth-order valence-corrected chi connectivity index (χ4v) is 3.74. The molecule has 0 saturated carbocycles. The molecule has 7 heteroatoms. The van der Waals surface area contributed by atoms with Crippen LogP contribution in [0.3, 0.4) is 0 Å². The van der Waals surface area contributed by atoms with Gasteiger partial charge < -0.3 is 19.5 Å². The van der Waals surface area contributed by atoms with Crippen molar-refractivity contribution in [2.45, 2.75) is 46.1 Å². The summed E-state index contributed by atoms with van der Waals surface area (Å²) in [5.74, 6) is 1.98. The van der Waals surface area contributed by atoms with Gasteiger partial charge in [-0.3, -0.25) is 4.79 Å². The lowest BCUT2D eigenvalue weighted by atomic mass is 10.1. The number of piperidine rings is 1. The van der Waals surface area contributed by atoms with E-state index in [1.165, 1.54) is 19.3 Å². The number of rotatable bonds is 7. The van der Waals surface area contributed by atoms with Crippen LogP contribution < -0.4 is 15.0 Å². The predicted octanol–water partition coefficient (Wildman–Crippen LogP) is 4.44. The molecular weight excluding hydrogens is 392 g/mol. The van der Waals surface area contributed by atoms with Gasteiger partial charge in [0.2, 0.25) is 5.91 Å². The third kappa shape index (κ3) is 5.42. The molecule has 7 nitrogen and oxygen atoms in total. The van der Waals surface area contributed by atoms with Gasteiger partial charge in [-0.15, -0.1) is 0 Å². The van der Waals surface area contributed by atoms with Crippen molar-refractivity contribution in [2.75, 3.05) is 23.3 Å². The van der Waals surface area contributed by atoms with Crippen LogP contribution in [0.25, 0.3) is 0 Å². The van der Waals surface area contributed by atoms with Crippen LogP contribution in [0.2, 0.25) is 0 Å². The van der Waals surface area contributed by atoms with Crippen molar-refractivity contribution in [3.05, 3.63) is 65.2 Å². The number of aryl methyl sites for hydroxylation is 2. The second-order valence-electron chi connectivity index (χ2n) is 7.91. The minimum absolute atomic E-state index is 0.0948. The number of aromatic nitrogens is 2. The second-order valence-corrected chi connectivity index (χ2v) is 7.91. The summed E-state index contributed by atoms with van der Waals surface area (Å²) in [6.45, 7) is 6.32. The number of pyridine rings is 1. The van der Waals surface area contributed by atoms with Crippen molar-refractivity contribution in [3.63, 3.8) is 0 Å². The van der Waals surface area contributed by atoms with E-state index in [2.05, 4.69) is 20.4 Å². The van der Waals surface area contributed by atoms with Crippen LogP contribution in [0.4, 0.5) is 11.5 Å². The maximum absolute atomic E-state index is 12.4. The Hall–Kier alpha value is -3.35. The average Bonchev–Trinajstić information content (AvgIpc) is 3.11. The highest BCUT2D eigenvalue weighted by molar-refractivity contribution is 5.91. The molecule has 1 aliphatic rings. The molecule has 0 atom stereocenters. The first-order valence-electron chi connectivity index (χ1n) is 10.7. The molecule has 1 fully saturated rings. The molecule has 0 spiro atoms. The van der Waals surface area contributed by atoms with E-state index in [9.17, 15) is 4.79 Å². The lowest BCUT2D eigenvalue weighted by Gasteiger charge is -2.28. The third-order valence-corrected chi connectivity index (χ3v) is 5.59. The first kappa shape index (κ1) is 20.9. The number of hydrogen-bond acceptors (Lipinski definition) is 6. The summed E-state index contributed by atoms with van der Waals surface area (Å²) in [6.07, 6.45) is 5.86. The van der Waals surface area contributed by atoms with E-state index in [-0.39, 0.29) is 12.3 Å². The van der Waals surface area contributed by atoms with Gasteiger partial charge in [-0.2, -0.15) is 0 Å². The normalized spacial score (nSPS) is 13.8. The van der Waals surface area contributed by atoms with Crippen LogP contribution in [0.5, 0.6) is 5.75 Å². The molecule has 1 saturated heterocycles. The second kappa shape index (κ2) is 9.64. The number of benzene rings is 1. The van der Waals surface area contributed by atoms with Gasteiger partial charge in [-0.05, 0) is 62.9 Å². The number of carbonyl (C=O) groups is 1. The Kier molecular flexibility index (Phi) is 6.50. The van der Waals surface area contributed by atoms with Crippen molar-refractivity contribution in [3.8, 4) is 5.75 Å². The highest BCUT2D eigenvalue weighted by Gasteiger charge is 2.12. The Balaban J connectivity index is 1.27. The molecule has 4 rings (SSSR count). The molecule has 3 heterocycles. The van der Waals surface area contributed by atoms with Gasteiger partial charge in [-0.25, -0.2) is 4.98 Å². The molecule has 31 heavy (non-hydrogen) atoms. The molecule has 0 unspecified atom stereocenters. The van der Waals surface area contributed by atoms with Crippen molar-refractivity contribution < 1.29 is 14.1 Å². The van der Waals surface area contributed by atoms with E-state index in [0.29, 0.717) is 12.4 Å². The number of hydrogen-bond donors (Lipinski definition) is 1. The number of amides is 1. The van der Waals surface area contributed by atoms with Gasteiger partial charge in [0.1, 0.15) is 23.9 Å². The highest BCUT2D eigenvalue weighted by Crippen LogP contribution is 2.21. The van der Waals surface area contributed by atoms with Crippen LogP contribution in [0.15, 0.2) is 47.1 Å². The average molecular weight is 421 g/mol. The minimum Gasteiger partial charge on any atom is -0.489 e. The Morgan fingerprint density at radius 3 is 2.52 bits per heavy atom. The van der Waals surface area contributed by atoms with Crippen molar-refractivity contribution >= 4 is 17.4 Å². The highest BCUT2D eigenvalue weighted by atomic mass is 16.5. The van der Waals surface area contributed by atoms with Crippen LogP contribution in [0.1, 0.15) is 41.8 Å². The minimum atomic E-state index is -0.0948. The fraction of sp³-hybridized carbons (Fsp3) is 0.375. The van der Waals surface area contributed by atoms with E-state index in [1.807, 2.05) is 56.4 Å². The van der Waals surface area contributed by atoms with E-state index in [4.69, 9.17) is 9.26 Å². The number of nitrogens with one attached hydrogen (secondary N) is 1. The predicted molar refractivity (Wildman–Crippen MR) is 119 cm³/mol. The Morgan fingerprint density at radius 2 is 1.87 bits per heavy atom. The standard InChI is InChI=1S/C24H28N4O3/c1-17-22(18(2)31-27-17)16-30-21-9-6-19(7-10-21)14-24(29)26-23-11-8-20(15-25-23)28-12-4-3-5-13-28/h6-11,15H,3-5,12-14,16H2,1-2H3,(H,25,26,29). The number of ether oxygens (including phenoxy) is 1. The van der Waals surface area contributed by atoms with Crippen molar-refractivity contribution in [1.82, 2.24) is 10.1 Å². The zero-order valence-electron chi connectivity index (χ0n) is 18.1. The monoisotopic (exact) mass is 420 g/mol. The topological polar surface area (TPSA) is 80.5 Å². The summed E-state index contributed by atoms with van der Waals surface area (Å²) in [6, 6.07) is 11.4. The largest absolute Gasteiger partial charge is 0.489 e. The summed E-state index contributed by atoms with van der Waals surface area (Å²) in [4.78, 5) is 19.2. The molecule has 1 aromatic carbocycles. The zero-order valence-corrected chi connectivity index (χ0v) is 18.1. The lowest BCUT2D eigenvalue weighted by Crippen LogP contribution is -2.29. The number of anilines is 2. The van der Waals surface area contributed by atoms with Gasteiger partial charge in [0, 0.05) is 13.1 Å². The molecule has 0 aliphatic carbocycles. The lowest BCUT2D eigenvalue weighted by molar-refractivity contribution is -0.115. The van der Waals surface area contributed by atoms with Gasteiger partial charge in [0.25, 0.3) is 0 Å². The molecule has 1 amide bonds. The van der Waals surface area contributed by atoms with E-state index in [1.54, 1.807) is 0 Å². The fourth-order valence-electron chi connectivity index (χ4n) is 3.74. The molecule has 2 aromatic heterocycles. The van der Waals surface area contributed by atoms with E-state index in [0.717, 1.165) is 47.1 Å². The van der Waals surface area contributed by atoms with Gasteiger partial charge >= 0.3 is 0 Å². The maximum Gasteiger partial charge on any atom is 0.229 e. The first-order chi connectivity index (χ1) is 15.1. The van der Waals surface area contributed by atoms with Crippen molar-refractivity contribution in [2.24, 2.45) is 0 Å². The zero-order chi connectivity index (χ0) is 21.6. The Labute approximate surface area is 182 Å². The number of carbonyl (C=O) groups excluding carboxylic acids is 1. The summed E-state index contributed by atoms with van der Waals surface area (Å²) >= 11 is 0. The molecule has 162 valence electrons. The van der Waals surface area contributed by atoms with Crippen LogP contribution in [0, 0.1) is 13.8 Å². The maximum atomic E-state index is 12.4. The van der Waals surface area contributed by atoms with Crippen LogP contribution in [-0.2, 0) is 17.8 Å². The molecule has 0 bridgehead atoms. The molecule has 1 aliphatic heterocycles. The molecule has 0 radical (unpaired) electrons. The number of nitrogens with zero attached hydrogens (tertiary/aromatic N) is 3. The van der Waals surface area contributed by atoms with Gasteiger partial charge in [0.05, 0.1) is 29.6 Å². The first-order valence-corrected chi connectivity index (χ1v) is 10.7. The summed E-state index contributed by atoms with van der Waals surface area (Å²) in [7, 11) is 0. The van der Waals surface area contributed by atoms with Crippen LogP contribution in [-0.4, -0.2) is 29.1 Å². The summed E-state index contributed by atoms with van der Waals surface area (Å²) in [5, 5.41) is 6.81. The Bertz CT molecular complexity index is 987. The van der Waals surface area contributed by atoms with E-state index < -0.39 is 0 Å². The SMILES string of the molecule is Cc1noc(C)c1COc1ccc(CC(=O)Nc2ccc(N3CCCCC3)cn2)cc1. The van der Waals surface area contributed by atoms with Crippen molar-refractivity contribution in [1.29, 1.82) is 0 Å². The molecular formula is C24H28N4O3. The van der Waals surface area contributed by atoms with Gasteiger partial charge in [0.15, 0.2) is 0 Å². The Morgan fingerprint density at radius 1 is 1.10 bits per heavy atom. The molecule has 1 N–H and O–H groups in total.